The number of hydrogen-bond donors (Lipinski definition) is 0. The van der Waals surface area contributed by atoms with Crippen LogP contribution >= 0.6 is 11.8 Å². The zero-order chi connectivity index (χ0) is 28.5. The fourth-order valence-corrected chi connectivity index (χ4v) is 6.61. The fourth-order valence-electron chi connectivity index (χ4n) is 5.41. The molecule has 3 heterocycles. The highest BCUT2D eigenvalue weighted by molar-refractivity contribution is 8.00. The highest BCUT2D eigenvalue weighted by Gasteiger charge is 2.38. The molecule has 4 aromatic rings. The minimum Gasteiger partial charge on any atom is -0.378 e. The average Bonchev–Trinajstić information content (AvgIpc) is 3.32. The van der Waals surface area contributed by atoms with Gasteiger partial charge in [0.1, 0.15) is 18.2 Å². The van der Waals surface area contributed by atoms with E-state index in [1.54, 1.807) is 21.9 Å². The molecule has 1 fully saturated rings. The number of nitrogens with zero attached hydrogens (tertiary/aromatic N) is 4. The number of carbonyl (C=O) groups is 2. The Morgan fingerprint density at radius 1 is 1.00 bits per heavy atom. The molecular weight excluding hydrogens is 539 g/mol. The maximum Gasteiger partial charge on any atom is 0.242 e. The largest absolute Gasteiger partial charge is 0.378 e. The molecule has 0 radical (unpaired) electrons. The number of hydrogen-bond acceptors (Lipinski definition) is 5. The molecule has 41 heavy (non-hydrogen) atoms. The maximum absolute atomic E-state index is 14.0. The van der Waals surface area contributed by atoms with Gasteiger partial charge < -0.3 is 9.64 Å². The summed E-state index contributed by atoms with van der Waals surface area (Å²) in [6, 6.07) is 22.3. The van der Waals surface area contributed by atoms with Gasteiger partial charge in [0.2, 0.25) is 11.8 Å². The van der Waals surface area contributed by atoms with Crippen molar-refractivity contribution in [2.24, 2.45) is 0 Å². The third-order valence-electron chi connectivity index (χ3n) is 7.77. The molecule has 1 atom stereocenters. The standard InChI is InChI=1S/C32H31FN4O3S/c1-21-7-6-10-26(22(21)2)37-32-29(30(34-37)23-8-4-3-5-9-23)31(24-11-13-25(33)14-12-24)41-20-28(39)36(32)19-27(38)35-15-17-40-18-16-35/h3-14,31H,15-20H2,1-2H3/t31-/m0/s1. The molecule has 6 rings (SSSR count). The van der Waals surface area contributed by atoms with Crippen molar-refractivity contribution < 1.29 is 18.7 Å². The van der Waals surface area contributed by atoms with E-state index in [2.05, 4.69) is 0 Å². The van der Waals surface area contributed by atoms with Crippen LogP contribution in [0.1, 0.15) is 27.5 Å². The molecule has 7 nitrogen and oxygen atoms in total. The van der Waals surface area contributed by atoms with Crippen LogP contribution in [0, 0.1) is 19.7 Å². The van der Waals surface area contributed by atoms with E-state index in [0.717, 1.165) is 39.2 Å². The van der Waals surface area contributed by atoms with E-state index in [1.165, 1.54) is 23.9 Å². The van der Waals surface area contributed by atoms with E-state index in [-0.39, 0.29) is 35.2 Å². The van der Waals surface area contributed by atoms with Crippen LogP contribution in [0.5, 0.6) is 0 Å². The Labute approximate surface area is 242 Å². The van der Waals surface area contributed by atoms with Crippen LogP contribution in [0.4, 0.5) is 10.2 Å². The first kappa shape index (κ1) is 27.2. The Morgan fingerprint density at radius 3 is 2.46 bits per heavy atom. The van der Waals surface area contributed by atoms with Crippen molar-refractivity contribution in [1.82, 2.24) is 14.7 Å². The number of amides is 2. The van der Waals surface area contributed by atoms with Gasteiger partial charge in [0, 0.05) is 24.2 Å². The van der Waals surface area contributed by atoms with Crippen LogP contribution in [-0.2, 0) is 14.3 Å². The van der Waals surface area contributed by atoms with Gasteiger partial charge in [-0.05, 0) is 48.7 Å². The van der Waals surface area contributed by atoms with E-state index >= 15 is 0 Å². The Kier molecular flexibility index (Phi) is 7.64. The minimum atomic E-state index is -0.323. The molecule has 0 spiro atoms. The summed E-state index contributed by atoms with van der Waals surface area (Å²) in [6.07, 6.45) is 0. The van der Waals surface area contributed by atoms with E-state index in [1.807, 2.05) is 67.1 Å². The Balaban J connectivity index is 1.61. The maximum atomic E-state index is 14.0. The van der Waals surface area contributed by atoms with Crippen LogP contribution in [0.25, 0.3) is 16.9 Å². The molecular formula is C32H31FN4O3S. The lowest BCUT2D eigenvalue weighted by Crippen LogP contribution is -2.48. The summed E-state index contributed by atoms with van der Waals surface area (Å²) in [5.41, 5.74) is 6.27. The molecule has 0 saturated carbocycles. The molecule has 0 N–H and O–H groups in total. The SMILES string of the molecule is Cc1cccc(-n2nc(-c3ccccc3)c3c2N(CC(=O)N2CCOCC2)C(=O)CS[C@H]3c2ccc(F)cc2)c1C. The number of aromatic nitrogens is 2. The van der Waals surface area contributed by atoms with Gasteiger partial charge >= 0.3 is 0 Å². The number of ether oxygens (including phenoxy) is 1. The van der Waals surface area contributed by atoms with Gasteiger partial charge in [-0.25, -0.2) is 9.07 Å². The molecule has 2 aliphatic rings. The zero-order valence-corrected chi connectivity index (χ0v) is 23.9. The number of anilines is 1. The molecule has 0 aliphatic carbocycles. The third-order valence-corrected chi connectivity index (χ3v) is 9.03. The number of halogens is 1. The van der Waals surface area contributed by atoms with Crippen LogP contribution in [0.3, 0.4) is 0 Å². The molecule has 0 unspecified atom stereocenters. The summed E-state index contributed by atoms with van der Waals surface area (Å²) in [7, 11) is 0. The second-order valence-electron chi connectivity index (χ2n) is 10.3. The molecule has 3 aromatic carbocycles. The minimum absolute atomic E-state index is 0.104. The van der Waals surface area contributed by atoms with Crippen molar-refractivity contribution in [3.05, 3.63) is 101 Å². The Bertz CT molecular complexity index is 1580. The average molecular weight is 571 g/mol. The van der Waals surface area contributed by atoms with Gasteiger partial charge in [-0.2, -0.15) is 5.10 Å². The molecule has 9 heteroatoms. The van der Waals surface area contributed by atoms with Crippen molar-refractivity contribution >= 4 is 29.4 Å². The van der Waals surface area contributed by atoms with Crippen molar-refractivity contribution in [3.63, 3.8) is 0 Å². The van der Waals surface area contributed by atoms with Gasteiger partial charge in [0.15, 0.2) is 0 Å². The summed E-state index contributed by atoms with van der Waals surface area (Å²) >= 11 is 1.47. The van der Waals surface area contributed by atoms with E-state index in [0.29, 0.717) is 32.1 Å². The van der Waals surface area contributed by atoms with Gasteiger partial charge in [-0.3, -0.25) is 14.5 Å². The van der Waals surface area contributed by atoms with Gasteiger partial charge in [-0.1, -0.05) is 54.6 Å². The highest BCUT2D eigenvalue weighted by atomic mass is 32.2. The van der Waals surface area contributed by atoms with Crippen molar-refractivity contribution in [1.29, 1.82) is 0 Å². The lowest BCUT2D eigenvalue weighted by molar-refractivity contribution is -0.134. The molecule has 1 saturated heterocycles. The van der Waals surface area contributed by atoms with E-state index in [4.69, 9.17) is 9.84 Å². The molecule has 210 valence electrons. The number of thioether (sulfide) groups is 1. The second kappa shape index (κ2) is 11.5. The number of aryl methyl sites for hydroxylation is 1. The molecule has 2 amide bonds. The predicted molar refractivity (Wildman–Crippen MR) is 159 cm³/mol. The summed E-state index contributed by atoms with van der Waals surface area (Å²) in [5, 5.41) is 4.85. The van der Waals surface area contributed by atoms with Gasteiger partial charge in [0.25, 0.3) is 0 Å². The van der Waals surface area contributed by atoms with E-state index in [9.17, 15) is 14.0 Å². The van der Waals surface area contributed by atoms with Gasteiger partial charge in [-0.15, -0.1) is 11.8 Å². The number of morpholine rings is 1. The van der Waals surface area contributed by atoms with Crippen molar-refractivity contribution in [2.45, 2.75) is 19.1 Å². The smallest absolute Gasteiger partial charge is 0.242 e. The molecule has 0 bridgehead atoms. The fraction of sp³-hybridized carbons (Fsp3) is 0.281. The number of carbonyl (C=O) groups excluding carboxylic acids is 2. The molecule has 2 aliphatic heterocycles. The monoisotopic (exact) mass is 570 g/mol. The Morgan fingerprint density at radius 2 is 1.73 bits per heavy atom. The summed E-state index contributed by atoms with van der Waals surface area (Å²) in [5.74, 6) is 0.106. The lowest BCUT2D eigenvalue weighted by atomic mass is 9.99. The van der Waals surface area contributed by atoms with Crippen molar-refractivity contribution in [2.75, 3.05) is 43.5 Å². The van der Waals surface area contributed by atoms with Crippen LogP contribution in [-0.4, -0.2) is 65.1 Å². The van der Waals surface area contributed by atoms with E-state index < -0.39 is 0 Å². The number of fused-ring (bicyclic) bond motifs is 1. The van der Waals surface area contributed by atoms with Gasteiger partial charge in [0.05, 0.1) is 35.6 Å². The lowest BCUT2D eigenvalue weighted by Gasteiger charge is -2.30. The quantitative estimate of drug-likeness (QED) is 0.325. The summed E-state index contributed by atoms with van der Waals surface area (Å²) < 4.78 is 21.3. The third kappa shape index (κ3) is 5.27. The normalized spacial score (nSPS) is 17.3. The number of rotatable bonds is 5. The zero-order valence-electron chi connectivity index (χ0n) is 23.0. The first-order valence-corrected chi connectivity index (χ1v) is 14.7. The van der Waals surface area contributed by atoms with Crippen molar-refractivity contribution in [3.8, 4) is 16.9 Å². The predicted octanol–water partition coefficient (Wildman–Crippen LogP) is 5.32. The summed E-state index contributed by atoms with van der Waals surface area (Å²) in [6.45, 7) is 5.92. The topological polar surface area (TPSA) is 67.7 Å². The van der Waals surface area contributed by atoms with Crippen LogP contribution in [0.15, 0.2) is 72.8 Å². The number of benzene rings is 3. The second-order valence-corrected chi connectivity index (χ2v) is 11.4. The first-order valence-electron chi connectivity index (χ1n) is 13.7. The first-order chi connectivity index (χ1) is 19.9. The molecule has 1 aromatic heterocycles. The summed E-state index contributed by atoms with van der Waals surface area (Å²) in [4.78, 5) is 30.8. The van der Waals surface area contributed by atoms with Crippen LogP contribution in [0.2, 0.25) is 0 Å². The Hall–Kier alpha value is -3.95. The van der Waals surface area contributed by atoms with Crippen LogP contribution < -0.4 is 4.90 Å². The highest BCUT2D eigenvalue weighted by Crippen LogP contribution is 2.48.